The summed E-state index contributed by atoms with van der Waals surface area (Å²) in [6, 6.07) is 14.1. The van der Waals surface area contributed by atoms with Crippen LogP contribution in [0.15, 0.2) is 54.7 Å². The van der Waals surface area contributed by atoms with Gasteiger partial charge in [-0.3, -0.25) is 4.79 Å². The maximum Gasteiger partial charge on any atom is 0.198 e. The van der Waals surface area contributed by atoms with Gasteiger partial charge in [0.1, 0.15) is 5.82 Å². The molecule has 0 spiro atoms. The number of aromatic nitrogens is 1. The van der Waals surface area contributed by atoms with Crippen LogP contribution in [0.25, 0.3) is 10.9 Å². The Balaban J connectivity index is 2.22. The third-order valence-electron chi connectivity index (χ3n) is 3.66. The van der Waals surface area contributed by atoms with E-state index in [0.717, 1.165) is 10.9 Å². The molecular weight excluding hydrogens is 265 g/mol. The van der Waals surface area contributed by atoms with E-state index in [-0.39, 0.29) is 17.4 Å². The van der Waals surface area contributed by atoms with Crippen LogP contribution in [-0.4, -0.2) is 10.4 Å². The summed E-state index contributed by atoms with van der Waals surface area (Å²) >= 11 is 0. The number of halogens is 1. The minimum atomic E-state index is -0.483. The second-order valence-corrected chi connectivity index (χ2v) is 5.37. The average molecular weight is 281 g/mol. The van der Waals surface area contributed by atoms with Gasteiger partial charge in [0.15, 0.2) is 5.78 Å². The minimum Gasteiger partial charge on any atom is -0.344 e. The minimum absolute atomic E-state index is 0.115. The second kappa shape index (κ2) is 5.17. The lowest BCUT2D eigenvalue weighted by atomic mass is 10.0. The fourth-order valence-corrected chi connectivity index (χ4v) is 2.60. The molecule has 0 radical (unpaired) electrons. The third kappa shape index (κ3) is 2.25. The molecule has 1 aromatic heterocycles. The van der Waals surface area contributed by atoms with Crippen molar-refractivity contribution in [3.05, 3.63) is 71.7 Å². The molecular formula is C18H16FNO. The Morgan fingerprint density at radius 1 is 1.00 bits per heavy atom. The zero-order valence-corrected chi connectivity index (χ0v) is 12.0. The molecule has 2 aromatic carbocycles. The lowest BCUT2D eigenvalue weighted by Crippen LogP contribution is -2.04. The number of fused-ring (bicyclic) bond motifs is 1. The SMILES string of the molecule is CC(C)n1cc(C(=O)c2ccccc2F)c2ccccc21. The van der Waals surface area contributed by atoms with E-state index in [1.54, 1.807) is 12.1 Å². The highest BCUT2D eigenvalue weighted by Gasteiger charge is 2.19. The molecule has 3 aromatic rings. The zero-order chi connectivity index (χ0) is 15.0. The monoisotopic (exact) mass is 281 g/mol. The van der Waals surface area contributed by atoms with Crippen molar-refractivity contribution in [2.75, 3.05) is 0 Å². The number of benzene rings is 2. The number of ketones is 1. The molecule has 3 heteroatoms. The van der Waals surface area contributed by atoms with Gasteiger partial charge in [-0.25, -0.2) is 4.39 Å². The van der Waals surface area contributed by atoms with Crippen LogP contribution in [0.2, 0.25) is 0 Å². The van der Waals surface area contributed by atoms with Gasteiger partial charge >= 0.3 is 0 Å². The van der Waals surface area contributed by atoms with Crippen LogP contribution in [0.5, 0.6) is 0 Å². The quantitative estimate of drug-likeness (QED) is 0.643. The molecule has 0 aliphatic heterocycles. The summed E-state index contributed by atoms with van der Waals surface area (Å²) in [5.74, 6) is -0.757. The molecule has 2 nitrogen and oxygen atoms in total. The first-order chi connectivity index (χ1) is 10.1. The number of nitrogens with zero attached hydrogens (tertiary/aromatic N) is 1. The Morgan fingerprint density at radius 3 is 2.38 bits per heavy atom. The summed E-state index contributed by atoms with van der Waals surface area (Å²) in [6.07, 6.45) is 1.82. The molecule has 0 unspecified atom stereocenters. The van der Waals surface area contributed by atoms with Crippen molar-refractivity contribution in [2.24, 2.45) is 0 Å². The largest absolute Gasteiger partial charge is 0.344 e. The standard InChI is InChI=1S/C18H16FNO/c1-12(2)20-11-15(13-7-4-6-10-17(13)20)18(21)14-8-3-5-9-16(14)19/h3-12H,1-2H3. The highest BCUT2D eigenvalue weighted by molar-refractivity contribution is 6.16. The van der Waals surface area contributed by atoms with Crippen molar-refractivity contribution in [2.45, 2.75) is 19.9 Å². The molecule has 0 fully saturated rings. The van der Waals surface area contributed by atoms with Gasteiger partial charge in [0.2, 0.25) is 0 Å². The van der Waals surface area contributed by atoms with E-state index in [2.05, 4.69) is 13.8 Å². The molecule has 106 valence electrons. The molecule has 0 aliphatic carbocycles. The normalized spacial score (nSPS) is 11.2. The van der Waals surface area contributed by atoms with Gasteiger partial charge in [-0.1, -0.05) is 30.3 Å². The fraction of sp³-hybridized carbons (Fsp3) is 0.167. The van der Waals surface area contributed by atoms with Crippen molar-refractivity contribution in [3.8, 4) is 0 Å². The Labute approximate surface area is 122 Å². The first-order valence-corrected chi connectivity index (χ1v) is 6.98. The van der Waals surface area contributed by atoms with Gasteiger partial charge in [-0.2, -0.15) is 0 Å². The summed E-state index contributed by atoms with van der Waals surface area (Å²) in [5, 5.41) is 0.861. The van der Waals surface area contributed by atoms with Crippen LogP contribution in [0.4, 0.5) is 4.39 Å². The summed E-state index contributed by atoms with van der Waals surface area (Å²) in [4.78, 5) is 12.7. The lowest BCUT2D eigenvalue weighted by Gasteiger charge is -2.08. The van der Waals surface area contributed by atoms with Crippen molar-refractivity contribution < 1.29 is 9.18 Å². The number of carbonyl (C=O) groups is 1. The van der Waals surface area contributed by atoms with Crippen molar-refractivity contribution in [1.29, 1.82) is 0 Å². The smallest absolute Gasteiger partial charge is 0.198 e. The Morgan fingerprint density at radius 2 is 1.67 bits per heavy atom. The van der Waals surface area contributed by atoms with E-state index in [1.807, 2.05) is 35.0 Å². The van der Waals surface area contributed by atoms with Gasteiger partial charge in [-0.05, 0) is 32.0 Å². The molecule has 3 rings (SSSR count). The van der Waals surface area contributed by atoms with E-state index in [1.165, 1.54) is 12.1 Å². The molecule has 0 N–H and O–H groups in total. The highest BCUT2D eigenvalue weighted by Crippen LogP contribution is 2.27. The van der Waals surface area contributed by atoms with E-state index in [0.29, 0.717) is 5.56 Å². The van der Waals surface area contributed by atoms with Crippen LogP contribution in [-0.2, 0) is 0 Å². The summed E-state index contributed by atoms with van der Waals surface area (Å²) in [5.41, 5.74) is 1.65. The van der Waals surface area contributed by atoms with Gasteiger partial charge in [-0.15, -0.1) is 0 Å². The predicted octanol–water partition coefficient (Wildman–Crippen LogP) is 4.59. The van der Waals surface area contributed by atoms with E-state index >= 15 is 0 Å². The van der Waals surface area contributed by atoms with Gasteiger partial charge in [0, 0.05) is 28.7 Å². The predicted molar refractivity (Wildman–Crippen MR) is 82.2 cm³/mol. The number of hydrogen-bond acceptors (Lipinski definition) is 1. The molecule has 0 aliphatic rings. The van der Waals surface area contributed by atoms with E-state index in [9.17, 15) is 9.18 Å². The van der Waals surface area contributed by atoms with Crippen LogP contribution in [0, 0.1) is 5.82 Å². The Hall–Kier alpha value is -2.42. The van der Waals surface area contributed by atoms with Crippen LogP contribution in [0.3, 0.4) is 0 Å². The fourth-order valence-electron chi connectivity index (χ4n) is 2.60. The van der Waals surface area contributed by atoms with Gasteiger partial charge in [0.05, 0.1) is 5.56 Å². The van der Waals surface area contributed by atoms with Crippen molar-refractivity contribution >= 4 is 16.7 Å². The topological polar surface area (TPSA) is 22.0 Å². The highest BCUT2D eigenvalue weighted by atomic mass is 19.1. The zero-order valence-electron chi connectivity index (χ0n) is 12.0. The summed E-state index contributed by atoms with van der Waals surface area (Å²) in [7, 11) is 0. The van der Waals surface area contributed by atoms with E-state index < -0.39 is 5.82 Å². The average Bonchev–Trinajstić information content (AvgIpc) is 2.87. The van der Waals surface area contributed by atoms with E-state index in [4.69, 9.17) is 0 Å². The van der Waals surface area contributed by atoms with Gasteiger partial charge in [0.25, 0.3) is 0 Å². The number of para-hydroxylation sites is 1. The number of carbonyl (C=O) groups excluding carboxylic acids is 1. The van der Waals surface area contributed by atoms with Crippen LogP contribution in [0.1, 0.15) is 35.8 Å². The maximum absolute atomic E-state index is 13.9. The Kier molecular flexibility index (Phi) is 3.34. The van der Waals surface area contributed by atoms with Crippen molar-refractivity contribution in [3.63, 3.8) is 0 Å². The molecule has 0 amide bonds. The molecule has 0 atom stereocenters. The second-order valence-electron chi connectivity index (χ2n) is 5.37. The number of rotatable bonds is 3. The molecule has 21 heavy (non-hydrogen) atoms. The van der Waals surface area contributed by atoms with Gasteiger partial charge < -0.3 is 4.57 Å². The number of hydrogen-bond donors (Lipinski definition) is 0. The first-order valence-electron chi connectivity index (χ1n) is 6.98. The molecule has 0 saturated carbocycles. The lowest BCUT2D eigenvalue weighted by molar-refractivity contribution is 0.103. The third-order valence-corrected chi connectivity index (χ3v) is 3.66. The molecule has 1 heterocycles. The molecule has 0 saturated heterocycles. The van der Waals surface area contributed by atoms with Crippen LogP contribution < -0.4 is 0 Å². The van der Waals surface area contributed by atoms with Crippen molar-refractivity contribution in [1.82, 2.24) is 4.57 Å². The molecule has 0 bridgehead atoms. The maximum atomic E-state index is 13.9. The first kappa shape index (κ1) is 13.6. The summed E-state index contributed by atoms with van der Waals surface area (Å²) in [6.45, 7) is 4.12. The summed E-state index contributed by atoms with van der Waals surface area (Å²) < 4.78 is 15.9. The Bertz CT molecular complexity index is 817. The van der Waals surface area contributed by atoms with Crippen LogP contribution >= 0.6 is 0 Å².